The van der Waals surface area contributed by atoms with Crippen molar-refractivity contribution in [2.45, 2.75) is 31.7 Å². The Balaban J connectivity index is 1.48. The zero-order valence-corrected chi connectivity index (χ0v) is 12.7. The SMILES string of the molecule is S=C(Nc1cccc2cnccc12)NC1CC2CCC1C2. The standard InChI is InChI=1S/C17H19N3S/c21-17(20-16-9-11-4-5-12(16)8-11)19-15-3-1-2-13-10-18-7-6-14(13)15/h1-3,6-7,10-12,16H,4-5,8-9H2,(H2,19,20,21). The van der Waals surface area contributed by atoms with Gasteiger partial charge in [-0.3, -0.25) is 4.98 Å². The highest BCUT2D eigenvalue weighted by molar-refractivity contribution is 7.80. The molecule has 1 aromatic heterocycles. The highest BCUT2D eigenvalue weighted by Gasteiger charge is 2.39. The van der Waals surface area contributed by atoms with Crippen LogP contribution in [0.25, 0.3) is 10.8 Å². The molecule has 2 saturated carbocycles. The maximum Gasteiger partial charge on any atom is 0.171 e. The fraction of sp³-hybridized carbons (Fsp3) is 0.412. The van der Waals surface area contributed by atoms with Crippen LogP contribution in [0.5, 0.6) is 0 Å². The van der Waals surface area contributed by atoms with Gasteiger partial charge < -0.3 is 10.6 Å². The van der Waals surface area contributed by atoms with E-state index in [0.29, 0.717) is 6.04 Å². The maximum atomic E-state index is 5.51. The molecule has 0 saturated heterocycles. The number of benzene rings is 1. The molecule has 0 spiro atoms. The summed E-state index contributed by atoms with van der Waals surface area (Å²) in [4.78, 5) is 4.17. The van der Waals surface area contributed by atoms with Gasteiger partial charge in [0.15, 0.2) is 5.11 Å². The fourth-order valence-electron chi connectivity index (χ4n) is 3.98. The molecule has 0 amide bonds. The lowest BCUT2D eigenvalue weighted by atomic mass is 9.95. The number of nitrogens with zero attached hydrogens (tertiary/aromatic N) is 1. The summed E-state index contributed by atoms with van der Waals surface area (Å²) in [6.45, 7) is 0. The van der Waals surface area contributed by atoms with Gasteiger partial charge in [-0.1, -0.05) is 18.6 Å². The van der Waals surface area contributed by atoms with Crippen molar-refractivity contribution in [3.05, 3.63) is 36.7 Å². The van der Waals surface area contributed by atoms with E-state index in [9.17, 15) is 0 Å². The Labute approximate surface area is 130 Å². The van der Waals surface area contributed by atoms with Crippen molar-refractivity contribution < 1.29 is 0 Å². The van der Waals surface area contributed by atoms with E-state index in [-0.39, 0.29) is 0 Å². The predicted molar refractivity (Wildman–Crippen MR) is 90.3 cm³/mol. The largest absolute Gasteiger partial charge is 0.359 e. The first-order valence-corrected chi connectivity index (χ1v) is 8.10. The molecule has 2 aliphatic rings. The molecule has 0 aliphatic heterocycles. The summed E-state index contributed by atoms with van der Waals surface area (Å²) < 4.78 is 0. The monoisotopic (exact) mass is 297 g/mol. The summed E-state index contributed by atoms with van der Waals surface area (Å²) in [7, 11) is 0. The van der Waals surface area contributed by atoms with E-state index in [2.05, 4.69) is 27.8 Å². The minimum absolute atomic E-state index is 0.570. The number of pyridine rings is 1. The van der Waals surface area contributed by atoms with E-state index >= 15 is 0 Å². The number of thiocarbonyl (C=S) groups is 1. The van der Waals surface area contributed by atoms with E-state index in [1.165, 1.54) is 25.7 Å². The van der Waals surface area contributed by atoms with Gasteiger partial charge in [0.25, 0.3) is 0 Å². The molecule has 3 nitrogen and oxygen atoms in total. The van der Waals surface area contributed by atoms with Crippen LogP contribution in [-0.2, 0) is 0 Å². The Morgan fingerprint density at radius 2 is 2.14 bits per heavy atom. The number of nitrogens with one attached hydrogen (secondary N) is 2. The molecule has 3 atom stereocenters. The third-order valence-electron chi connectivity index (χ3n) is 4.98. The van der Waals surface area contributed by atoms with E-state index in [0.717, 1.165) is 33.4 Å². The minimum Gasteiger partial charge on any atom is -0.359 e. The quantitative estimate of drug-likeness (QED) is 0.829. The molecule has 2 aliphatic carbocycles. The van der Waals surface area contributed by atoms with Gasteiger partial charge in [0.05, 0.1) is 0 Å². The van der Waals surface area contributed by atoms with E-state index < -0.39 is 0 Å². The van der Waals surface area contributed by atoms with Gasteiger partial charge in [0.1, 0.15) is 0 Å². The van der Waals surface area contributed by atoms with Gasteiger partial charge in [-0.15, -0.1) is 0 Å². The van der Waals surface area contributed by atoms with Crippen LogP contribution in [-0.4, -0.2) is 16.1 Å². The lowest BCUT2D eigenvalue weighted by Gasteiger charge is -2.24. The van der Waals surface area contributed by atoms with Crippen molar-refractivity contribution in [2.75, 3.05) is 5.32 Å². The van der Waals surface area contributed by atoms with E-state index in [1.807, 2.05) is 24.5 Å². The summed E-state index contributed by atoms with van der Waals surface area (Å²) >= 11 is 5.51. The van der Waals surface area contributed by atoms with Crippen LogP contribution < -0.4 is 10.6 Å². The third-order valence-corrected chi connectivity index (χ3v) is 5.20. The normalized spacial score (nSPS) is 27.0. The van der Waals surface area contributed by atoms with Crippen LogP contribution in [0.3, 0.4) is 0 Å². The number of anilines is 1. The summed E-state index contributed by atoms with van der Waals surface area (Å²) in [5, 5.41) is 9.93. The van der Waals surface area contributed by atoms with E-state index in [1.54, 1.807) is 0 Å². The molecule has 4 rings (SSSR count). The van der Waals surface area contributed by atoms with Crippen LogP contribution in [0.4, 0.5) is 5.69 Å². The van der Waals surface area contributed by atoms with Crippen LogP contribution in [0, 0.1) is 11.8 Å². The molecule has 2 bridgehead atoms. The lowest BCUT2D eigenvalue weighted by molar-refractivity contribution is 0.392. The average Bonchev–Trinajstić information content (AvgIpc) is 3.10. The van der Waals surface area contributed by atoms with Crippen molar-refractivity contribution in [3.63, 3.8) is 0 Å². The second kappa shape index (κ2) is 5.26. The molecule has 108 valence electrons. The first kappa shape index (κ1) is 13.0. The van der Waals surface area contributed by atoms with Crippen LogP contribution >= 0.6 is 12.2 Å². The van der Waals surface area contributed by atoms with Crippen molar-refractivity contribution in [1.82, 2.24) is 10.3 Å². The molecule has 2 fully saturated rings. The van der Waals surface area contributed by atoms with Crippen LogP contribution in [0.15, 0.2) is 36.7 Å². The smallest absolute Gasteiger partial charge is 0.171 e. The Morgan fingerprint density at radius 3 is 2.95 bits per heavy atom. The zero-order valence-electron chi connectivity index (χ0n) is 11.9. The molecule has 3 unspecified atom stereocenters. The lowest BCUT2D eigenvalue weighted by Crippen LogP contribution is -2.40. The Kier molecular flexibility index (Phi) is 3.26. The predicted octanol–water partition coefficient (Wildman–Crippen LogP) is 3.71. The minimum atomic E-state index is 0.570. The number of fused-ring (bicyclic) bond motifs is 3. The first-order valence-electron chi connectivity index (χ1n) is 7.70. The van der Waals surface area contributed by atoms with Gasteiger partial charge in [0.2, 0.25) is 0 Å². The Hall–Kier alpha value is -1.68. The molecule has 1 aromatic carbocycles. The summed E-state index contributed by atoms with van der Waals surface area (Å²) in [6, 6.07) is 8.77. The highest BCUT2D eigenvalue weighted by atomic mass is 32.1. The van der Waals surface area contributed by atoms with Gasteiger partial charge in [-0.05, 0) is 55.4 Å². The molecule has 21 heavy (non-hydrogen) atoms. The number of rotatable bonds is 2. The van der Waals surface area contributed by atoms with Crippen LogP contribution in [0.2, 0.25) is 0 Å². The fourth-order valence-corrected chi connectivity index (χ4v) is 4.24. The average molecular weight is 297 g/mol. The molecular weight excluding hydrogens is 278 g/mol. The molecule has 4 heteroatoms. The van der Waals surface area contributed by atoms with Crippen molar-refractivity contribution in [3.8, 4) is 0 Å². The number of hydrogen-bond donors (Lipinski definition) is 2. The number of aromatic nitrogens is 1. The van der Waals surface area contributed by atoms with Crippen molar-refractivity contribution >= 4 is 33.8 Å². The van der Waals surface area contributed by atoms with E-state index in [4.69, 9.17) is 12.2 Å². The Bertz CT molecular complexity index is 679. The molecule has 0 radical (unpaired) electrons. The summed E-state index contributed by atoms with van der Waals surface area (Å²) in [5.74, 6) is 1.75. The molecule has 2 aromatic rings. The van der Waals surface area contributed by atoms with Gasteiger partial charge >= 0.3 is 0 Å². The van der Waals surface area contributed by atoms with Gasteiger partial charge in [-0.25, -0.2) is 0 Å². The molecular formula is C17H19N3S. The van der Waals surface area contributed by atoms with Crippen molar-refractivity contribution in [1.29, 1.82) is 0 Å². The highest BCUT2D eigenvalue weighted by Crippen LogP contribution is 2.44. The van der Waals surface area contributed by atoms with Crippen molar-refractivity contribution in [2.24, 2.45) is 11.8 Å². The zero-order chi connectivity index (χ0) is 14.2. The third kappa shape index (κ3) is 2.48. The summed E-state index contributed by atoms with van der Waals surface area (Å²) in [6.07, 6.45) is 9.16. The second-order valence-electron chi connectivity index (χ2n) is 6.28. The topological polar surface area (TPSA) is 37.0 Å². The first-order chi connectivity index (χ1) is 10.3. The second-order valence-corrected chi connectivity index (χ2v) is 6.69. The van der Waals surface area contributed by atoms with Crippen LogP contribution in [0.1, 0.15) is 25.7 Å². The van der Waals surface area contributed by atoms with Gasteiger partial charge in [0, 0.05) is 34.9 Å². The molecule has 2 N–H and O–H groups in total. The maximum absolute atomic E-state index is 5.51. The number of hydrogen-bond acceptors (Lipinski definition) is 2. The van der Waals surface area contributed by atoms with Gasteiger partial charge in [-0.2, -0.15) is 0 Å². The summed E-state index contributed by atoms with van der Waals surface area (Å²) in [5.41, 5.74) is 1.05. The Morgan fingerprint density at radius 1 is 1.19 bits per heavy atom. The molecule has 1 heterocycles.